The van der Waals surface area contributed by atoms with E-state index in [1.807, 2.05) is 18.0 Å². The number of benzene rings is 1. The Kier molecular flexibility index (Phi) is 11.8. The van der Waals surface area contributed by atoms with Crippen molar-refractivity contribution in [3.05, 3.63) is 35.4 Å². The number of piperidine rings is 1. The zero-order valence-electron chi connectivity index (χ0n) is 22.1. The maximum atomic E-state index is 13.3. The molecule has 9 heteroatoms. The van der Waals surface area contributed by atoms with Gasteiger partial charge in [0.15, 0.2) is 0 Å². The third kappa shape index (κ3) is 8.94. The first kappa shape index (κ1) is 28.2. The third-order valence-electron chi connectivity index (χ3n) is 7.01. The highest BCUT2D eigenvalue weighted by Gasteiger charge is 2.32. The number of likely N-dealkylation sites (N-methyl/N-ethyl adjacent to an activating group) is 1. The van der Waals surface area contributed by atoms with E-state index in [1.54, 1.807) is 0 Å². The van der Waals surface area contributed by atoms with E-state index in [4.69, 9.17) is 14.2 Å². The molecule has 2 heterocycles. The van der Waals surface area contributed by atoms with Gasteiger partial charge in [0.25, 0.3) is 0 Å². The van der Waals surface area contributed by atoms with Gasteiger partial charge in [0, 0.05) is 51.9 Å². The lowest BCUT2D eigenvalue weighted by atomic mass is 9.88. The topological polar surface area (TPSA) is 101 Å². The second-order valence-electron chi connectivity index (χ2n) is 9.96. The summed E-state index contributed by atoms with van der Waals surface area (Å²) in [4.78, 5) is 26.6. The van der Waals surface area contributed by atoms with Gasteiger partial charge in [-0.1, -0.05) is 29.8 Å². The van der Waals surface area contributed by atoms with Crippen molar-refractivity contribution in [2.24, 2.45) is 11.8 Å². The van der Waals surface area contributed by atoms with Crippen LogP contribution in [0.5, 0.6) is 0 Å². The first-order valence-electron chi connectivity index (χ1n) is 13.3. The molecule has 1 unspecified atom stereocenters. The third-order valence-corrected chi connectivity index (χ3v) is 7.01. The molecule has 3 rings (SSSR count). The number of carbonyl (C=O) groups excluding carboxylic acids is 2. The predicted molar refractivity (Wildman–Crippen MR) is 139 cm³/mol. The molecule has 3 amide bonds. The van der Waals surface area contributed by atoms with Crippen LogP contribution >= 0.6 is 0 Å². The largest absolute Gasteiger partial charge is 0.447 e. The van der Waals surface area contributed by atoms with Crippen LogP contribution in [0.2, 0.25) is 0 Å². The summed E-state index contributed by atoms with van der Waals surface area (Å²) in [5.74, 6) is 0.642. The molecule has 2 aliphatic rings. The summed E-state index contributed by atoms with van der Waals surface area (Å²) in [5, 5.41) is 8.95. The monoisotopic (exact) mass is 504 g/mol. The highest BCUT2D eigenvalue weighted by Crippen LogP contribution is 2.33. The minimum Gasteiger partial charge on any atom is -0.447 e. The number of nitrogens with one attached hydrogen (secondary N) is 3. The maximum absolute atomic E-state index is 13.3. The van der Waals surface area contributed by atoms with Gasteiger partial charge in [-0.25, -0.2) is 9.59 Å². The number of aryl methyl sites for hydroxylation is 1. The van der Waals surface area contributed by atoms with Gasteiger partial charge in [0.05, 0.1) is 12.7 Å². The molecule has 0 aliphatic carbocycles. The van der Waals surface area contributed by atoms with Gasteiger partial charge in [0.2, 0.25) is 0 Å². The van der Waals surface area contributed by atoms with E-state index in [0.717, 1.165) is 69.5 Å². The van der Waals surface area contributed by atoms with Gasteiger partial charge in [-0.2, -0.15) is 0 Å². The van der Waals surface area contributed by atoms with Crippen LogP contribution in [-0.4, -0.2) is 83.2 Å². The fourth-order valence-electron chi connectivity index (χ4n) is 5.28. The van der Waals surface area contributed by atoms with Crippen LogP contribution in [0, 0.1) is 18.8 Å². The highest BCUT2D eigenvalue weighted by atomic mass is 16.6. The number of hydrogen-bond donors (Lipinski definition) is 3. The zero-order chi connectivity index (χ0) is 25.8. The van der Waals surface area contributed by atoms with Crippen molar-refractivity contribution < 1.29 is 23.8 Å². The fraction of sp³-hybridized carbons (Fsp3) is 0.704. The molecule has 1 aromatic carbocycles. The Labute approximate surface area is 215 Å². The average molecular weight is 505 g/mol. The van der Waals surface area contributed by atoms with Crippen LogP contribution in [0.15, 0.2) is 24.3 Å². The fourth-order valence-corrected chi connectivity index (χ4v) is 5.28. The van der Waals surface area contributed by atoms with E-state index in [2.05, 4.69) is 41.1 Å². The molecule has 2 aliphatic heterocycles. The minimum atomic E-state index is -0.470. The molecule has 9 nitrogen and oxygen atoms in total. The van der Waals surface area contributed by atoms with Gasteiger partial charge in [0.1, 0.15) is 6.61 Å². The Morgan fingerprint density at radius 1 is 1.19 bits per heavy atom. The smallest absolute Gasteiger partial charge is 0.406 e. The molecule has 202 valence electrons. The van der Waals surface area contributed by atoms with Crippen molar-refractivity contribution in [1.82, 2.24) is 20.9 Å². The number of carbonyl (C=O) groups is 2. The second kappa shape index (κ2) is 15.0. The molecule has 4 atom stereocenters. The molecule has 36 heavy (non-hydrogen) atoms. The SMILES string of the molecule is CNC[C@H](C[C@H]1CCCOC1)NC(=O)N1CCCC([C@@H](OCCOC(=O)NC)c2cccc(C)c2)C1. The Bertz CT molecular complexity index is 817. The lowest BCUT2D eigenvalue weighted by Gasteiger charge is -2.38. The normalized spacial score (nSPS) is 21.9. The number of urea groups is 1. The Morgan fingerprint density at radius 2 is 2.06 bits per heavy atom. The molecule has 0 spiro atoms. The van der Waals surface area contributed by atoms with E-state index in [-0.39, 0.29) is 30.7 Å². The van der Waals surface area contributed by atoms with E-state index >= 15 is 0 Å². The van der Waals surface area contributed by atoms with Crippen molar-refractivity contribution in [2.45, 2.75) is 51.2 Å². The summed E-state index contributed by atoms with van der Waals surface area (Å²) < 4.78 is 17.0. The van der Waals surface area contributed by atoms with E-state index in [0.29, 0.717) is 19.1 Å². The summed E-state index contributed by atoms with van der Waals surface area (Å²) in [6, 6.07) is 8.37. The lowest BCUT2D eigenvalue weighted by molar-refractivity contribution is -0.0263. The van der Waals surface area contributed by atoms with Crippen molar-refractivity contribution in [2.75, 3.05) is 60.2 Å². The summed E-state index contributed by atoms with van der Waals surface area (Å²) in [5.41, 5.74) is 2.25. The van der Waals surface area contributed by atoms with Gasteiger partial charge in [-0.3, -0.25) is 0 Å². The highest BCUT2D eigenvalue weighted by molar-refractivity contribution is 5.74. The molecule has 3 N–H and O–H groups in total. The minimum absolute atomic E-state index is 0.0115. The summed E-state index contributed by atoms with van der Waals surface area (Å²) in [6.07, 6.45) is 4.41. The van der Waals surface area contributed by atoms with Crippen LogP contribution in [0.1, 0.15) is 49.3 Å². The standard InChI is InChI=1S/C27H44N4O5/c1-20-7-4-9-22(15-20)25(35-13-14-36-27(33)29-3)23-10-5-11-31(18-23)26(32)30-24(17-28-2)16-21-8-6-12-34-19-21/h4,7,9,15,21,23-25,28H,5-6,8,10-14,16-19H2,1-3H3,(H,29,33)(H,30,32)/t21-,23?,24+,25+/m1/s1. The number of hydrogen-bond acceptors (Lipinski definition) is 6. The number of ether oxygens (including phenoxy) is 3. The second-order valence-corrected chi connectivity index (χ2v) is 9.96. The molecule has 2 fully saturated rings. The van der Waals surface area contributed by atoms with Crippen LogP contribution in [-0.2, 0) is 14.2 Å². The quantitative estimate of drug-likeness (QED) is 0.400. The Morgan fingerprint density at radius 3 is 2.78 bits per heavy atom. The molecule has 0 aromatic heterocycles. The Balaban J connectivity index is 1.62. The van der Waals surface area contributed by atoms with Crippen molar-refractivity contribution in [3.63, 3.8) is 0 Å². The van der Waals surface area contributed by atoms with Gasteiger partial charge in [-0.05, 0) is 57.6 Å². The molecule has 0 radical (unpaired) electrons. The van der Waals surface area contributed by atoms with Crippen molar-refractivity contribution in [1.29, 1.82) is 0 Å². The summed E-state index contributed by atoms with van der Waals surface area (Å²) in [6.45, 7) is 6.26. The molecule has 1 aromatic rings. The van der Waals surface area contributed by atoms with Gasteiger partial charge >= 0.3 is 12.1 Å². The number of likely N-dealkylation sites (tertiary alicyclic amines) is 1. The Hall–Kier alpha value is -2.36. The van der Waals surface area contributed by atoms with Crippen molar-refractivity contribution >= 4 is 12.1 Å². The molecular formula is C27H44N4O5. The molecule has 2 saturated heterocycles. The summed E-state index contributed by atoms with van der Waals surface area (Å²) >= 11 is 0. The number of alkyl carbamates (subject to hydrolysis) is 1. The van der Waals surface area contributed by atoms with Crippen molar-refractivity contribution in [3.8, 4) is 0 Å². The number of nitrogens with zero attached hydrogens (tertiary/aromatic N) is 1. The molecule has 0 bridgehead atoms. The number of amides is 3. The van der Waals surface area contributed by atoms with Crippen LogP contribution < -0.4 is 16.0 Å². The summed E-state index contributed by atoms with van der Waals surface area (Å²) in [7, 11) is 3.45. The first-order valence-corrected chi connectivity index (χ1v) is 13.3. The van der Waals surface area contributed by atoms with Crippen LogP contribution in [0.3, 0.4) is 0 Å². The zero-order valence-corrected chi connectivity index (χ0v) is 22.1. The average Bonchev–Trinajstić information content (AvgIpc) is 2.89. The number of rotatable bonds is 11. The van der Waals surface area contributed by atoms with E-state index in [1.165, 1.54) is 7.05 Å². The molecular weight excluding hydrogens is 460 g/mol. The predicted octanol–water partition coefficient (Wildman–Crippen LogP) is 3.24. The van der Waals surface area contributed by atoms with E-state index in [9.17, 15) is 9.59 Å². The molecule has 0 saturated carbocycles. The lowest BCUT2D eigenvalue weighted by Crippen LogP contribution is -2.52. The maximum Gasteiger partial charge on any atom is 0.406 e. The van der Waals surface area contributed by atoms with Gasteiger partial charge < -0.3 is 35.1 Å². The first-order chi connectivity index (χ1) is 17.5. The van der Waals surface area contributed by atoms with E-state index < -0.39 is 6.09 Å². The van der Waals surface area contributed by atoms with Crippen LogP contribution in [0.25, 0.3) is 0 Å². The van der Waals surface area contributed by atoms with Gasteiger partial charge in [-0.15, -0.1) is 0 Å². The van der Waals surface area contributed by atoms with Crippen LogP contribution in [0.4, 0.5) is 9.59 Å².